The number of nitrogens with one attached hydrogen (secondary N) is 2. The Hall–Kier alpha value is -2.81. The van der Waals surface area contributed by atoms with Crippen molar-refractivity contribution < 1.29 is 33.7 Å². The molecule has 3 N–H and O–H groups in total. The smallest absolute Gasteiger partial charge is 0.331 e. The second-order valence-corrected chi connectivity index (χ2v) is 5.37. The Kier molecular flexibility index (Phi) is 5.24. The van der Waals surface area contributed by atoms with Crippen molar-refractivity contribution in [1.82, 2.24) is 10.6 Å². The third-order valence-corrected chi connectivity index (χ3v) is 3.36. The van der Waals surface area contributed by atoms with Crippen molar-refractivity contribution in [2.24, 2.45) is 0 Å². The standard InChI is InChI=1S/C15H18N2O7/c1-15(7-22-2,14(20)21)17-12(18)6-16-13(19)9-3-4-10-11(5-9)24-8-23-10/h3-5H,6-8H2,1-2H3,(H,16,19)(H,17,18)(H,20,21). The minimum absolute atomic E-state index is 0.0933. The zero-order chi connectivity index (χ0) is 17.7. The predicted molar refractivity (Wildman–Crippen MR) is 81.0 cm³/mol. The molecule has 0 fully saturated rings. The number of amides is 2. The molecule has 0 aromatic heterocycles. The van der Waals surface area contributed by atoms with Crippen molar-refractivity contribution in [2.45, 2.75) is 12.5 Å². The molecule has 0 spiro atoms. The van der Waals surface area contributed by atoms with Crippen LogP contribution in [0.3, 0.4) is 0 Å². The largest absolute Gasteiger partial charge is 0.479 e. The molecule has 1 unspecified atom stereocenters. The van der Waals surface area contributed by atoms with Gasteiger partial charge in [0.05, 0.1) is 13.2 Å². The van der Waals surface area contributed by atoms with Gasteiger partial charge in [-0.1, -0.05) is 0 Å². The van der Waals surface area contributed by atoms with Gasteiger partial charge in [0, 0.05) is 12.7 Å². The lowest BCUT2D eigenvalue weighted by molar-refractivity contribution is -0.149. The summed E-state index contributed by atoms with van der Waals surface area (Å²) < 4.78 is 15.1. The number of aliphatic carboxylic acids is 1. The summed E-state index contributed by atoms with van der Waals surface area (Å²) in [5, 5.41) is 13.9. The first-order valence-corrected chi connectivity index (χ1v) is 7.07. The van der Waals surface area contributed by atoms with E-state index in [4.69, 9.17) is 19.3 Å². The Morgan fingerprint density at radius 1 is 1.29 bits per heavy atom. The van der Waals surface area contributed by atoms with Crippen molar-refractivity contribution in [3.05, 3.63) is 23.8 Å². The van der Waals surface area contributed by atoms with E-state index in [1.807, 2.05) is 0 Å². The van der Waals surface area contributed by atoms with Gasteiger partial charge in [0.1, 0.15) is 0 Å². The van der Waals surface area contributed by atoms with Crippen LogP contribution in [0.4, 0.5) is 0 Å². The molecule has 1 aliphatic rings. The fourth-order valence-corrected chi connectivity index (χ4v) is 2.09. The summed E-state index contributed by atoms with van der Waals surface area (Å²) in [6.07, 6.45) is 0. The number of fused-ring (bicyclic) bond motifs is 1. The number of hydrogen-bond acceptors (Lipinski definition) is 6. The fourth-order valence-electron chi connectivity index (χ4n) is 2.09. The number of carboxylic acids is 1. The summed E-state index contributed by atoms with van der Waals surface area (Å²) in [4.78, 5) is 35.1. The van der Waals surface area contributed by atoms with E-state index in [1.54, 1.807) is 6.07 Å². The number of carboxylic acid groups (broad SMARTS) is 1. The number of methoxy groups -OCH3 is 1. The van der Waals surface area contributed by atoms with Crippen LogP contribution in [0.15, 0.2) is 18.2 Å². The first-order valence-electron chi connectivity index (χ1n) is 7.07. The van der Waals surface area contributed by atoms with Gasteiger partial charge in [-0.15, -0.1) is 0 Å². The molecule has 1 aliphatic heterocycles. The molecule has 0 saturated heterocycles. The summed E-state index contributed by atoms with van der Waals surface area (Å²) in [5.41, 5.74) is -1.28. The monoisotopic (exact) mass is 338 g/mol. The highest BCUT2D eigenvalue weighted by Crippen LogP contribution is 2.32. The van der Waals surface area contributed by atoms with Gasteiger partial charge in [0.25, 0.3) is 5.91 Å². The Bertz CT molecular complexity index is 661. The number of carbonyl (C=O) groups excluding carboxylic acids is 2. The van der Waals surface area contributed by atoms with Crippen LogP contribution >= 0.6 is 0 Å². The number of hydrogen-bond donors (Lipinski definition) is 3. The van der Waals surface area contributed by atoms with Crippen molar-refractivity contribution in [1.29, 1.82) is 0 Å². The van der Waals surface area contributed by atoms with Crippen LogP contribution in [-0.2, 0) is 14.3 Å². The molecule has 1 heterocycles. The lowest BCUT2D eigenvalue weighted by atomic mass is 10.0. The second-order valence-electron chi connectivity index (χ2n) is 5.37. The van der Waals surface area contributed by atoms with E-state index in [-0.39, 0.29) is 19.9 Å². The molecule has 130 valence electrons. The normalized spacial score (nSPS) is 14.6. The van der Waals surface area contributed by atoms with Crippen molar-refractivity contribution in [3.63, 3.8) is 0 Å². The van der Waals surface area contributed by atoms with Gasteiger partial charge in [-0.25, -0.2) is 4.79 Å². The summed E-state index contributed by atoms with van der Waals surface area (Å²) in [7, 11) is 1.33. The summed E-state index contributed by atoms with van der Waals surface area (Å²) >= 11 is 0. The SMILES string of the molecule is COCC(C)(NC(=O)CNC(=O)c1ccc2c(c1)OCO2)C(=O)O. The molecule has 0 bridgehead atoms. The summed E-state index contributed by atoms with van der Waals surface area (Å²) in [5.74, 6) is -1.38. The molecular weight excluding hydrogens is 320 g/mol. The van der Waals surface area contributed by atoms with Gasteiger partial charge in [0.2, 0.25) is 12.7 Å². The molecule has 1 atom stereocenters. The first kappa shape index (κ1) is 17.5. The van der Waals surface area contributed by atoms with E-state index in [9.17, 15) is 14.4 Å². The van der Waals surface area contributed by atoms with Crippen LogP contribution in [-0.4, -0.2) is 55.5 Å². The third-order valence-electron chi connectivity index (χ3n) is 3.36. The van der Waals surface area contributed by atoms with Crippen LogP contribution in [0.2, 0.25) is 0 Å². The maximum absolute atomic E-state index is 12.0. The van der Waals surface area contributed by atoms with E-state index in [1.165, 1.54) is 26.2 Å². The minimum Gasteiger partial charge on any atom is -0.479 e. The molecule has 2 amide bonds. The van der Waals surface area contributed by atoms with Crippen molar-refractivity contribution in [3.8, 4) is 11.5 Å². The average molecular weight is 338 g/mol. The third kappa shape index (κ3) is 3.93. The van der Waals surface area contributed by atoms with Crippen LogP contribution in [0, 0.1) is 0 Å². The highest BCUT2D eigenvalue weighted by molar-refractivity contribution is 5.97. The average Bonchev–Trinajstić information content (AvgIpc) is 3.00. The van der Waals surface area contributed by atoms with E-state index in [0.29, 0.717) is 17.1 Å². The highest BCUT2D eigenvalue weighted by atomic mass is 16.7. The summed E-state index contributed by atoms with van der Waals surface area (Å²) in [6.45, 7) is 0.830. The van der Waals surface area contributed by atoms with Gasteiger partial charge in [0.15, 0.2) is 17.0 Å². The van der Waals surface area contributed by atoms with E-state index < -0.39 is 23.3 Å². The van der Waals surface area contributed by atoms with Gasteiger partial charge in [-0.3, -0.25) is 9.59 Å². The van der Waals surface area contributed by atoms with Crippen LogP contribution in [0.25, 0.3) is 0 Å². The van der Waals surface area contributed by atoms with Gasteiger partial charge >= 0.3 is 5.97 Å². The fraction of sp³-hybridized carbons (Fsp3) is 0.400. The molecule has 1 aromatic carbocycles. The number of benzene rings is 1. The van der Waals surface area contributed by atoms with E-state index >= 15 is 0 Å². The van der Waals surface area contributed by atoms with Crippen molar-refractivity contribution in [2.75, 3.05) is 27.1 Å². The molecule has 9 nitrogen and oxygen atoms in total. The molecule has 0 saturated carbocycles. The maximum Gasteiger partial charge on any atom is 0.331 e. The maximum atomic E-state index is 12.0. The van der Waals surface area contributed by atoms with Crippen LogP contribution < -0.4 is 20.1 Å². The van der Waals surface area contributed by atoms with Crippen LogP contribution in [0.1, 0.15) is 17.3 Å². The molecular formula is C15H18N2O7. The Labute approximate surface area is 137 Å². The van der Waals surface area contributed by atoms with Gasteiger partial charge in [-0.05, 0) is 25.1 Å². The first-order chi connectivity index (χ1) is 11.4. The van der Waals surface area contributed by atoms with Gasteiger partial charge in [-0.2, -0.15) is 0 Å². The van der Waals surface area contributed by atoms with E-state index in [2.05, 4.69) is 10.6 Å². The molecule has 2 rings (SSSR count). The highest BCUT2D eigenvalue weighted by Gasteiger charge is 2.34. The molecule has 9 heteroatoms. The van der Waals surface area contributed by atoms with Crippen LogP contribution in [0.5, 0.6) is 11.5 Å². The molecule has 0 aliphatic carbocycles. The van der Waals surface area contributed by atoms with E-state index in [0.717, 1.165) is 0 Å². The Balaban J connectivity index is 1.91. The quantitative estimate of drug-likeness (QED) is 0.626. The Morgan fingerprint density at radius 2 is 2.00 bits per heavy atom. The molecule has 0 radical (unpaired) electrons. The molecule has 1 aromatic rings. The zero-order valence-corrected chi connectivity index (χ0v) is 13.3. The zero-order valence-electron chi connectivity index (χ0n) is 13.3. The Morgan fingerprint density at radius 3 is 2.67 bits per heavy atom. The number of carbonyl (C=O) groups is 3. The topological polar surface area (TPSA) is 123 Å². The minimum atomic E-state index is -1.57. The number of rotatable bonds is 7. The van der Waals surface area contributed by atoms with Crippen molar-refractivity contribution >= 4 is 17.8 Å². The predicted octanol–water partition coefficient (Wildman–Crippen LogP) is -0.249. The molecule has 24 heavy (non-hydrogen) atoms. The summed E-state index contributed by atoms with van der Waals surface area (Å²) in [6, 6.07) is 4.63. The van der Waals surface area contributed by atoms with Gasteiger partial charge < -0.3 is 30.0 Å². The second kappa shape index (κ2) is 7.18. The number of ether oxygens (including phenoxy) is 3. The lowest BCUT2D eigenvalue weighted by Gasteiger charge is -2.25. The lowest BCUT2D eigenvalue weighted by Crippen LogP contribution is -2.57.